The van der Waals surface area contributed by atoms with E-state index < -0.39 is 5.91 Å². The van der Waals surface area contributed by atoms with Crippen molar-refractivity contribution in [1.29, 1.82) is 0 Å². The van der Waals surface area contributed by atoms with Crippen LogP contribution in [0.5, 0.6) is 0 Å². The van der Waals surface area contributed by atoms with Crippen LogP contribution >= 0.6 is 0 Å². The minimum absolute atomic E-state index is 0.280. The van der Waals surface area contributed by atoms with E-state index in [2.05, 4.69) is 15.6 Å². The number of hydrogen-bond acceptors (Lipinski definition) is 5. The van der Waals surface area contributed by atoms with E-state index in [-0.39, 0.29) is 12.4 Å². The molecule has 6 nitrogen and oxygen atoms in total. The van der Waals surface area contributed by atoms with E-state index in [0.29, 0.717) is 17.1 Å². The highest BCUT2D eigenvalue weighted by Gasteiger charge is 2.06. The van der Waals surface area contributed by atoms with Crippen LogP contribution in [0.4, 0.5) is 10.2 Å². The van der Waals surface area contributed by atoms with Crippen LogP contribution in [0.2, 0.25) is 0 Å². The fraction of sp³-hybridized carbons (Fsp3) is 0.154. The second kappa shape index (κ2) is 6.46. The topological polar surface area (TPSA) is 76.7 Å². The highest BCUT2D eigenvalue weighted by Crippen LogP contribution is 2.06. The number of nitrogens with one attached hydrogen (secondary N) is 1. The molecule has 20 heavy (non-hydrogen) atoms. The van der Waals surface area contributed by atoms with Gasteiger partial charge >= 0.3 is 0 Å². The Morgan fingerprint density at radius 2 is 2.40 bits per heavy atom. The van der Waals surface area contributed by atoms with Crippen LogP contribution in [0.15, 0.2) is 40.0 Å². The molecule has 2 aromatic rings. The normalized spacial score (nSPS) is 10.7. The fourth-order valence-corrected chi connectivity index (χ4v) is 1.39. The number of nitrogens with zero attached hydrogens (tertiary/aromatic N) is 2. The number of carbonyl (C=O) groups excluding carboxylic acids is 1. The maximum absolute atomic E-state index is 12.9. The molecule has 0 aliphatic carbocycles. The summed E-state index contributed by atoms with van der Waals surface area (Å²) in [5, 5.41) is 9.64. The fourth-order valence-electron chi connectivity index (χ4n) is 1.39. The lowest BCUT2D eigenvalue weighted by atomic mass is 10.2. The highest BCUT2D eigenvalue weighted by atomic mass is 19.1. The largest absolute Gasteiger partial charge is 0.386 e. The summed E-state index contributed by atoms with van der Waals surface area (Å²) in [6.07, 6.45) is 1.32. The van der Waals surface area contributed by atoms with Gasteiger partial charge in [-0.05, 0) is 24.6 Å². The van der Waals surface area contributed by atoms with E-state index >= 15 is 0 Å². The van der Waals surface area contributed by atoms with Gasteiger partial charge in [-0.1, -0.05) is 22.4 Å². The predicted molar refractivity (Wildman–Crippen MR) is 69.8 cm³/mol. The van der Waals surface area contributed by atoms with Crippen molar-refractivity contribution in [3.8, 4) is 0 Å². The number of oxime groups is 1. The number of anilines is 1. The van der Waals surface area contributed by atoms with Crippen molar-refractivity contribution in [2.24, 2.45) is 5.16 Å². The molecule has 1 amide bonds. The van der Waals surface area contributed by atoms with Crippen molar-refractivity contribution >= 4 is 17.9 Å². The zero-order valence-corrected chi connectivity index (χ0v) is 10.7. The van der Waals surface area contributed by atoms with Crippen LogP contribution < -0.4 is 5.32 Å². The first-order valence-electron chi connectivity index (χ1n) is 5.77. The molecule has 0 saturated carbocycles. The number of carbonyl (C=O) groups is 1. The summed E-state index contributed by atoms with van der Waals surface area (Å²) in [5.41, 5.74) is 0.539. The molecule has 0 spiro atoms. The second-order valence-corrected chi connectivity index (χ2v) is 3.93. The highest BCUT2D eigenvalue weighted by molar-refractivity contribution is 5.90. The van der Waals surface area contributed by atoms with E-state index in [1.54, 1.807) is 25.1 Å². The zero-order valence-electron chi connectivity index (χ0n) is 10.7. The van der Waals surface area contributed by atoms with Crippen molar-refractivity contribution in [2.45, 2.75) is 6.92 Å². The van der Waals surface area contributed by atoms with Gasteiger partial charge in [0.05, 0.1) is 6.21 Å². The first kappa shape index (κ1) is 13.7. The van der Waals surface area contributed by atoms with E-state index in [1.165, 1.54) is 18.3 Å². The van der Waals surface area contributed by atoms with Crippen molar-refractivity contribution in [1.82, 2.24) is 5.16 Å². The molecular weight excluding hydrogens is 265 g/mol. The summed E-state index contributed by atoms with van der Waals surface area (Å²) < 4.78 is 17.7. The van der Waals surface area contributed by atoms with Gasteiger partial charge in [-0.15, -0.1) is 0 Å². The van der Waals surface area contributed by atoms with Gasteiger partial charge in [-0.2, -0.15) is 0 Å². The first-order chi connectivity index (χ1) is 9.63. The van der Waals surface area contributed by atoms with Crippen LogP contribution in [0.1, 0.15) is 11.3 Å². The maximum Gasteiger partial charge on any atom is 0.266 e. The Labute approximate surface area is 114 Å². The summed E-state index contributed by atoms with van der Waals surface area (Å²) >= 11 is 0. The summed E-state index contributed by atoms with van der Waals surface area (Å²) in [6.45, 7) is 1.43. The Balaban J connectivity index is 1.76. The molecular formula is C13H12FN3O3. The molecule has 1 N–H and O–H groups in total. The van der Waals surface area contributed by atoms with E-state index in [9.17, 15) is 9.18 Å². The molecule has 0 aliphatic heterocycles. The summed E-state index contributed by atoms with van der Waals surface area (Å²) in [4.78, 5) is 16.2. The van der Waals surface area contributed by atoms with Gasteiger partial charge in [0.2, 0.25) is 0 Å². The average Bonchev–Trinajstić information content (AvgIpc) is 2.80. The van der Waals surface area contributed by atoms with Crippen molar-refractivity contribution in [2.75, 3.05) is 11.9 Å². The number of aryl methyl sites for hydroxylation is 1. The Morgan fingerprint density at radius 1 is 1.55 bits per heavy atom. The van der Waals surface area contributed by atoms with Crippen LogP contribution in [-0.4, -0.2) is 23.9 Å². The number of halogens is 1. The molecule has 0 bridgehead atoms. The lowest BCUT2D eigenvalue weighted by molar-refractivity contribution is -0.120. The lowest BCUT2D eigenvalue weighted by Crippen LogP contribution is -2.17. The molecule has 0 unspecified atom stereocenters. The number of aromatic nitrogens is 1. The lowest BCUT2D eigenvalue weighted by Gasteiger charge is -1.99. The molecule has 104 valence electrons. The summed E-state index contributed by atoms with van der Waals surface area (Å²) in [6, 6.07) is 7.41. The molecule has 0 saturated heterocycles. The molecule has 2 rings (SSSR count). The quantitative estimate of drug-likeness (QED) is 0.670. The molecule has 7 heteroatoms. The molecule has 0 atom stereocenters. The van der Waals surface area contributed by atoms with Gasteiger partial charge in [0.1, 0.15) is 11.6 Å². The molecule has 0 aliphatic rings. The predicted octanol–water partition coefficient (Wildman–Crippen LogP) is 2.11. The Morgan fingerprint density at radius 3 is 3.10 bits per heavy atom. The first-order valence-corrected chi connectivity index (χ1v) is 5.77. The van der Waals surface area contributed by atoms with E-state index in [0.717, 1.165) is 0 Å². The van der Waals surface area contributed by atoms with Gasteiger partial charge < -0.3 is 14.7 Å². The van der Waals surface area contributed by atoms with E-state index in [4.69, 9.17) is 9.36 Å². The third-order valence-electron chi connectivity index (χ3n) is 2.22. The Kier molecular flexibility index (Phi) is 4.43. The monoisotopic (exact) mass is 277 g/mol. The molecule has 0 radical (unpaired) electrons. The summed E-state index contributed by atoms with van der Waals surface area (Å²) in [7, 11) is 0. The maximum atomic E-state index is 12.9. The summed E-state index contributed by atoms with van der Waals surface area (Å²) in [5.74, 6) is 0.110. The third kappa shape index (κ3) is 4.20. The van der Waals surface area contributed by atoms with Crippen molar-refractivity contribution in [3.05, 3.63) is 47.5 Å². The van der Waals surface area contributed by atoms with Gasteiger partial charge in [0.25, 0.3) is 5.91 Å². The van der Waals surface area contributed by atoms with E-state index in [1.807, 2.05) is 0 Å². The van der Waals surface area contributed by atoms with Crippen LogP contribution in [-0.2, 0) is 9.63 Å². The smallest absolute Gasteiger partial charge is 0.266 e. The molecule has 1 aromatic heterocycles. The molecule has 1 heterocycles. The van der Waals surface area contributed by atoms with Crippen LogP contribution in [0.25, 0.3) is 0 Å². The molecule has 1 aromatic carbocycles. The van der Waals surface area contributed by atoms with Gasteiger partial charge in [-0.3, -0.25) is 4.79 Å². The van der Waals surface area contributed by atoms with Gasteiger partial charge in [-0.25, -0.2) is 4.39 Å². The average molecular weight is 277 g/mol. The molecule has 0 fully saturated rings. The van der Waals surface area contributed by atoms with Crippen LogP contribution in [0.3, 0.4) is 0 Å². The third-order valence-corrected chi connectivity index (χ3v) is 2.22. The second-order valence-electron chi connectivity index (χ2n) is 3.93. The van der Waals surface area contributed by atoms with Gasteiger partial charge in [0, 0.05) is 6.07 Å². The minimum atomic E-state index is -0.422. The Hall–Kier alpha value is -2.70. The van der Waals surface area contributed by atoms with Crippen LogP contribution in [0, 0.1) is 12.7 Å². The number of rotatable bonds is 5. The standard InChI is InChI=1S/C13H12FN3O3/c1-9-5-12(17-20-9)16-13(18)8-19-15-7-10-3-2-4-11(14)6-10/h2-7H,8H2,1H3,(H,16,17,18)/b15-7-. The van der Waals surface area contributed by atoms with Gasteiger partial charge in [0.15, 0.2) is 12.4 Å². The number of benzene rings is 1. The Bertz CT molecular complexity index is 625. The van der Waals surface area contributed by atoms with Crippen molar-refractivity contribution in [3.63, 3.8) is 0 Å². The van der Waals surface area contributed by atoms with Crippen molar-refractivity contribution < 1.29 is 18.5 Å². The zero-order chi connectivity index (χ0) is 14.4. The number of hydrogen-bond donors (Lipinski definition) is 1. The minimum Gasteiger partial charge on any atom is -0.386 e. The SMILES string of the molecule is Cc1cc(NC(=O)CO/N=C\c2cccc(F)c2)no1. The number of amides is 1.